The fourth-order valence-corrected chi connectivity index (χ4v) is 1.20. The SMILES string of the molecule is COc1cccc(/C(C#N)=C(/C)C#N)c1. The molecule has 0 aliphatic rings. The van der Waals surface area contributed by atoms with Crippen LogP contribution in [0, 0.1) is 22.7 Å². The molecule has 3 heteroatoms. The maximum Gasteiger partial charge on any atom is 0.119 e. The zero-order chi connectivity index (χ0) is 11.3. The highest BCUT2D eigenvalue weighted by molar-refractivity contribution is 5.81. The molecular formula is C12H10N2O. The van der Waals surface area contributed by atoms with Crippen molar-refractivity contribution >= 4 is 5.57 Å². The van der Waals surface area contributed by atoms with Crippen molar-refractivity contribution in [2.45, 2.75) is 6.92 Å². The van der Waals surface area contributed by atoms with Crippen molar-refractivity contribution in [2.24, 2.45) is 0 Å². The molecule has 0 unspecified atom stereocenters. The van der Waals surface area contributed by atoms with E-state index in [1.165, 1.54) is 0 Å². The Kier molecular flexibility index (Phi) is 3.49. The average molecular weight is 198 g/mol. The van der Waals surface area contributed by atoms with Crippen LogP contribution in [0.1, 0.15) is 12.5 Å². The molecule has 3 nitrogen and oxygen atoms in total. The van der Waals surface area contributed by atoms with E-state index in [4.69, 9.17) is 15.3 Å². The largest absolute Gasteiger partial charge is 0.497 e. The average Bonchev–Trinajstić information content (AvgIpc) is 2.30. The maximum atomic E-state index is 8.94. The Morgan fingerprint density at radius 2 is 2.00 bits per heavy atom. The molecule has 0 aliphatic heterocycles. The van der Waals surface area contributed by atoms with Gasteiger partial charge < -0.3 is 4.74 Å². The summed E-state index contributed by atoms with van der Waals surface area (Å²) in [5, 5.41) is 17.7. The fraction of sp³-hybridized carbons (Fsp3) is 0.167. The van der Waals surface area contributed by atoms with Crippen molar-refractivity contribution in [3.8, 4) is 17.9 Å². The number of nitriles is 2. The summed E-state index contributed by atoms with van der Waals surface area (Å²) >= 11 is 0. The van der Waals surface area contributed by atoms with Gasteiger partial charge >= 0.3 is 0 Å². The summed E-state index contributed by atoms with van der Waals surface area (Å²) in [6, 6.07) is 11.1. The van der Waals surface area contributed by atoms with Crippen LogP contribution in [0.4, 0.5) is 0 Å². The first-order valence-corrected chi connectivity index (χ1v) is 4.38. The van der Waals surface area contributed by atoms with Crippen LogP contribution in [-0.2, 0) is 0 Å². The second-order valence-corrected chi connectivity index (χ2v) is 2.96. The molecule has 0 spiro atoms. The highest BCUT2D eigenvalue weighted by Gasteiger charge is 2.05. The van der Waals surface area contributed by atoms with E-state index < -0.39 is 0 Å². The van der Waals surface area contributed by atoms with Crippen LogP contribution in [0.2, 0.25) is 0 Å². The number of hydrogen-bond donors (Lipinski definition) is 0. The van der Waals surface area contributed by atoms with Crippen LogP contribution in [-0.4, -0.2) is 7.11 Å². The molecular weight excluding hydrogens is 188 g/mol. The minimum absolute atomic E-state index is 0.386. The maximum absolute atomic E-state index is 8.94. The van der Waals surface area contributed by atoms with Crippen molar-refractivity contribution in [2.75, 3.05) is 7.11 Å². The van der Waals surface area contributed by atoms with Crippen molar-refractivity contribution in [3.05, 3.63) is 35.4 Å². The fourth-order valence-electron chi connectivity index (χ4n) is 1.20. The zero-order valence-corrected chi connectivity index (χ0v) is 8.61. The molecule has 0 N–H and O–H groups in total. The molecule has 0 atom stereocenters. The predicted octanol–water partition coefficient (Wildman–Crippen LogP) is 2.52. The molecule has 1 aromatic carbocycles. The summed E-state index contributed by atoms with van der Waals surface area (Å²) in [5.41, 5.74) is 1.50. The van der Waals surface area contributed by atoms with E-state index in [1.807, 2.05) is 12.1 Å². The van der Waals surface area contributed by atoms with E-state index in [0.29, 0.717) is 22.5 Å². The highest BCUT2D eigenvalue weighted by Crippen LogP contribution is 2.21. The molecule has 0 saturated carbocycles. The summed E-state index contributed by atoms with van der Waals surface area (Å²) < 4.78 is 5.05. The Morgan fingerprint density at radius 1 is 1.27 bits per heavy atom. The zero-order valence-electron chi connectivity index (χ0n) is 8.61. The second kappa shape index (κ2) is 4.83. The van der Waals surface area contributed by atoms with E-state index in [1.54, 1.807) is 38.3 Å². The monoisotopic (exact) mass is 198 g/mol. The van der Waals surface area contributed by atoms with Crippen molar-refractivity contribution in [1.82, 2.24) is 0 Å². The lowest BCUT2D eigenvalue weighted by Gasteiger charge is -2.03. The summed E-state index contributed by atoms with van der Waals surface area (Å²) in [6.07, 6.45) is 0. The lowest BCUT2D eigenvalue weighted by atomic mass is 10.0. The van der Waals surface area contributed by atoms with Crippen LogP contribution in [0.25, 0.3) is 5.57 Å². The second-order valence-electron chi connectivity index (χ2n) is 2.96. The van der Waals surface area contributed by atoms with Gasteiger partial charge in [0.05, 0.1) is 18.8 Å². The number of benzene rings is 1. The number of methoxy groups -OCH3 is 1. The van der Waals surface area contributed by atoms with Gasteiger partial charge in [-0.1, -0.05) is 12.1 Å². The summed E-state index contributed by atoms with van der Waals surface area (Å²) in [6.45, 7) is 1.62. The number of hydrogen-bond acceptors (Lipinski definition) is 3. The predicted molar refractivity (Wildman–Crippen MR) is 56.8 cm³/mol. The first-order chi connectivity index (χ1) is 7.22. The number of rotatable bonds is 2. The molecule has 0 saturated heterocycles. The minimum Gasteiger partial charge on any atom is -0.497 e. The van der Waals surface area contributed by atoms with Gasteiger partial charge in [-0.25, -0.2) is 0 Å². The van der Waals surface area contributed by atoms with Crippen molar-refractivity contribution in [3.63, 3.8) is 0 Å². The van der Waals surface area contributed by atoms with Gasteiger partial charge in [0.1, 0.15) is 11.8 Å². The third-order valence-corrected chi connectivity index (χ3v) is 2.01. The third-order valence-electron chi connectivity index (χ3n) is 2.01. The Bertz CT molecular complexity index is 475. The van der Waals surface area contributed by atoms with Gasteiger partial charge in [0.25, 0.3) is 0 Å². The Balaban J connectivity index is 3.28. The van der Waals surface area contributed by atoms with Gasteiger partial charge in [-0.3, -0.25) is 0 Å². The van der Waals surface area contributed by atoms with Crippen LogP contribution in [0.15, 0.2) is 29.8 Å². The van der Waals surface area contributed by atoms with Crippen LogP contribution >= 0.6 is 0 Å². The van der Waals surface area contributed by atoms with Crippen LogP contribution in [0.5, 0.6) is 5.75 Å². The molecule has 74 valence electrons. The van der Waals surface area contributed by atoms with Gasteiger partial charge in [0.15, 0.2) is 0 Å². The normalized spacial score (nSPS) is 10.9. The van der Waals surface area contributed by atoms with Gasteiger partial charge in [0, 0.05) is 5.57 Å². The lowest BCUT2D eigenvalue weighted by Crippen LogP contribution is -1.88. The molecule has 0 fully saturated rings. The molecule has 0 bridgehead atoms. The van der Waals surface area contributed by atoms with Gasteiger partial charge in [0.2, 0.25) is 0 Å². The molecule has 0 radical (unpaired) electrons. The van der Waals surface area contributed by atoms with Crippen molar-refractivity contribution in [1.29, 1.82) is 10.5 Å². The first-order valence-electron chi connectivity index (χ1n) is 4.38. The quantitative estimate of drug-likeness (QED) is 0.686. The number of allylic oxidation sites excluding steroid dienone is 2. The minimum atomic E-state index is 0.386. The Labute approximate surface area is 88.8 Å². The topological polar surface area (TPSA) is 56.8 Å². The standard InChI is InChI=1S/C12H10N2O/c1-9(7-13)12(8-14)10-4-3-5-11(6-10)15-2/h3-6H,1-2H3/b12-9-. The number of ether oxygens (including phenoxy) is 1. The molecule has 0 aromatic heterocycles. The summed E-state index contributed by atoms with van der Waals surface area (Å²) in [7, 11) is 1.56. The first kappa shape index (κ1) is 10.8. The van der Waals surface area contributed by atoms with E-state index in [2.05, 4.69) is 0 Å². The van der Waals surface area contributed by atoms with E-state index in [0.717, 1.165) is 0 Å². The van der Waals surface area contributed by atoms with E-state index >= 15 is 0 Å². The smallest absolute Gasteiger partial charge is 0.119 e. The molecule has 0 amide bonds. The molecule has 0 heterocycles. The molecule has 15 heavy (non-hydrogen) atoms. The van der Waals surface area contributed by atoms with Gasteiger partial charge in [-0.15, -0.1) is 0 Å². The summed E-state index contributed by atoms with van der Waals surface area (Å²) in [4.78, 5) is 0. The lowest BCUT2D eigenvalue weighted by molar-refractivity contribution is 0.414. The Morgan fingerprint density at radius 3 is 2.53 bits per heavy atom. The molecule has 0 aliphatic carbocycles. The highest BCUT2D eigenvalue weighted by atomic mass is 16.5. The van der Waals surface area contributed by atoms with E-state index in [9.17, 15) is 0 Å². The third kappa shape index (κ3) is 2.36. The van der Waals surface area contributed by atoms with Crippen LogP contribution in [0.3, 0.4) is 0 Å². The molecule has 1 rings (SSSR count). The van der Waals surface area contributed by atoms with E-state index in [-0.39, 0.29) is 0 Å². The number of nitrogens with zero attached hydrogens (tertiary/aromatic N) is 2. The van der Waals surface area contributed by atoms with Gasteiger partial charge in [-0.05, 0) is 24.6 Å². The van der Waals surface area contributed by atoms with Crippen LogP contribution < -0.4 is 4.74 Å². The van der Waals surface area contributed by atoms with Gasteiger partial charge in [-0.2, -0.15) is 10.5 Å². The summed E-state index contributed by atoms with van der Waals surface area (Å²) in [5.74, 6) is 0.672. The Hall–Kier alpha value is -2.26. The molecule has 1 aromatic rings. The van der Waals surface area contributed by atoms with Crippen molar-refractivity contribution < 1.29 is 4.74 Å².